The third kappa shape index (κ3) is 1.44. The van der Waals surface area contributed by atoms with E-state index in [1.807, 2.05) is 6.92 Å². The quantitative estimate of drug-likeness (QED) is 0.673. The molecule has 7 nitrogen and oxygen atoms in total. The van der Waals surface area contributed by atoms with E-state index in [1.165, 1.54) is 11.0 Å². The number of hydrogen-bond acceptors (Lipinski definition) is 6. The van der Waals surface area contributed by atoms with Crippen LogP contribution in [0.3, 0.4) is 0 Å². The third-order valence-corrected chi connectivity index (χ3v) is 1.74. The van der Waals surface area contributed by atoms with Gasteiger partial charge >= 0.3 is 0 Å². The van der Waals surface area contributed by atoms with Crippen LogP contribution >= 0.6 is 0 Å². The second-order valence-electron chi connectivity index (χ2n) is 2.75. The first kappa shape index (κ1) is 8.70. The molecule has 2 heterocycles. The van der Waals surface area contributed by atoms with Crippen LogP contribution in [0.15, 0.2) is 12.4 Å². The number of hydrogen-bond donors (Lipinski definition) is 1. The van der Waals surface area contributed by atoms with Crippen LogP contribution in [0.4, 0.5) is 0 Å². The van der Waals surface area contributed by atoms with Crippen molar-refractivity contribution in [2.24, 2.45) is 0 Å². The molecule has 1 N–H and O–H groups in total. The molecule has 0 radical (unpaired) electrons. The summed E-state index contributed by atoms with van der Waals surface area (Å²) in [7, 11) is 0. The number of aryl methyl sites for hydroxylation is 1. The van der Waals surface area contributed by atoms with Gasteiger partial charge in [0, 0.05) is 0 Å². The fraction of sp³-hybridized carbons (Fsp3) is 0.286. The van der Waals surface area contributed by atoms with Crippen molar-refractivity contribution in [1.29, 1.82) is 0 Å². The van der Waals surface area contributed by atoms with Gasteiger partial charge in [0.15, 0.2) is 5.82 Å². The molecule has 2 rings (SSSR count). The minimum atomic E-state index is -0.121. The largest absolute Gasteiger partial charge is 0.390 e. The predicted octanol–water partition coefficient (Wildman–Crippen LogP) is -0.747. The number of aromatic nitrogens is 6. The summed E-state index contributed by atoms with van der Waals surface area (Å²) in [6.07, 6.45) is 1.44. The number of rotatable bonds is 2. The standard InChI is InChI=1S/C7H8N6O/c1-5-2-6(3-14)9-10-7(5)13-4-8-11-12-13/h2,4,14H,3H2,1H3. The third-order valence-electron chi connectivity index (χ3n) is 1.74. The maximum atomic E-state index is 8.83. The SMILES string of the molecule is Cc1cc(CO)nnc1-n1cnnn1. The van der Waals surface area contributed by atoms with Gasteiger partial charge in [-0.1, -0.05) is 0 Å². The minimum Gasteiger partial charge on any atom is -0.390 e. The highest BCUT2D eigenvalue weighted by molar-refractivity contribution is 5.30. The van der Waals surface area contributed by atoms with Crippen LogP contribution in [0, 0.1) is 6.92 Å². The summed E-state index contributed by atoms with van der Waals surface area (Å²) in [6, 6.07) is 1.74. The molecule has 0 atom stereocenters. The van der Waals surface area contributed by atoms with Gasteiger partial charge in [-0.2, -0.15) is 9.78 Å². The first-order valence-corrected chi connectivity index (χ1v) is 3.98. The Labute approximate surface area is 79.4 Å². The van der Waals surface area contributed by atoms with Crippen LogP contribution in [0.2, 0.25) is 0 Å². The molecule has 0 unspecified atom stereocenters. The van der Waals surface area contributed by atoms with Crippen molar-refractivity contribution in [3.63, 3.8) is 0 Å². The number of nitrogens with zero attached hydrogens (tertiary/aromatic N) is 6. The van der Waals surface area contributed by atoms with Crippen molar-refractivity contribution in [3.8, 4) is 5.82 Å². The second-order valence-corrected chi connectivity index (χ2v) is 2.75. The van der Waals surface area contributed by atoms with E-state index in [0.717, 1.165) is 5.56 Å². The van der Waals surface area contributed by atoms with Gasteiger partial charge in [0.1, 0.15) is 6.33 Å². The molecule has 0 aromatic carbocycles. The summed E-state index contributed by atoms with van der Waals surface area (Å²) in [5.41, 5.74) is 1.38. The van der Waals surface area contributed by atoms with Gasteiger partial charge in [0.2, 0.25) is 0 Å². The molecule has 2 aromatic rings. The zero-order valence-corrected chi connectivity index (χ0v) is 7.49. The topological polar surface area (TPSA) is 89.6 Å². The zero-order chi connectivity index (χ0) is 9.97. The number of aliphatic hydroxyl groups is 1. The summed E-state index contributed by atoms with van der Waals surface area (Å²) in [4.78, 5) is 0. The Balaban J connectivity index is 2.46. The first-order chi connectivity index (χ1) is 6.81. The van der Waals surface area contributed by atoms with Crippen LogP contribution in [0.5, 0.6) is 0 Å². The Kier molecular flexibility index (Phi) is 2.15. The molecular formula is C7H8N6O. The summed E-state index contributed by atoms with van der Waals surface area (Å²) in [5.74, 6) is 0.562. The molecule has 2 aromatic heterocycles. The Morgan fingerprint density at radius 3 is 2.86 bits per heavy atom. The Bertz CT molecular complexity index is 426. The summed E-state index contributed by atoms with van der Waals surface area (Å²) in [6.45, 7) is 1.73. The Morgan fingerprint density at radius 2 is 2.29 bits per heavy atom. The highest BCUT2D eigenvalue weighted by atomic mass is 16.3. The summed E-state index contributed by atoms with van der Waals surface area (Å²) >= 11 is 0. The maximum absolute atomic E-state index is 8.83. The maximum Gasteiger partial charge on any atom is 0.182 e. The highest BCUT2D eigenvalue weighted by Crippen LogP contribution is 2.08. The second kappa shape index (κ2) is 3.46. The van der Waals surface area contributed by atoms with Crippen LogP contribution in [-0.4, -0.2) is 35.5 Å². The molecule has 0 aliphatic rings. The molecule has 0 saturated heterocycles. The number of aliphatic hydroxyl groups excluding tert-OH is 1. The van der Waals surface area contributed by atoms with Gasteiger partial charge in [-0.15, -0.1) is 10.2 Å². The molecule has 0 spiro atoms. The molecule has 0 aliphatic carbocycles. The highest BCUT2D eigenvalue weighted by Gasteiger charge is 2.05. The molecule has 72 valence electrons. The van der Waals surface area contributed by atoms with Crippen molar-refractivity contribution < 1.29 is 5.11 Å². The van der Waals surface area contributed by atoms with Crippen molar-refractivity contribution in [1.82, 2.24) is 30.4 Å². The van der Waals surface area contributed by atoms with Crippen LogP contribution in [-0.2, 0) is 6.61 Å². The monoisotopic (exact) mass is 192 g/mol. The fourth-order valence-corrected chi connectivity index (χ4v) is 1.10. The molecule has 0 aliphatic heterocycles. The lowest BCUT2D eigenvalue weighted by molar-refractivity contribution is 0.275. The molecule has 0 saturated carbocycles. The number of tetrazole rings is 1. The molecule has 0 amide bonds. The van der Waals surface area contributed by atoms with Gasteiger partial charge in [-0.25, -0.2) is 0 Å². The molecule has 7 heteroatoms. The normalized spacial score (nSPS) is 10.4. The molecule has 0 bridgehead atoms. The van der Waals surface area contributed by atoms with Crippen molar-refractivity contribution in [2.45, 2.75) is 13.5 Å². The van der Waals surface area contributed by atoms with E-state index in [0.29, 0.717) is 11.5 Å². The lowest BCUT2D eigenvalue weighted by Gasteiger charge is -2.02. The van der Waals surface area contributed by atoms with Crippen LogP contribution in [0.25, 0.3) is 5.82 Å². The smallest absolute Gasteiger partial charge is 0.182 e. The van der Waals surface area contributed by atoms with Gasteiger partial charge in [0.05, 0.1) is 12.3 Å². The van der Waals surface area contributed by atoms with E-state index in [1.54, 1.807) is 6.07 Å². The molecular weight excluding hydrogens is 184 g/mol. The van der Waals surface area contributed by atoms with Gasteiger partial charge in [0.25, 0.3) is 0 Å². The van der Waals surface area contributed by atoms with E-state index < -0.39 is 0 Å². The van der Waals surface area contributed by atoms with E-state index in [2.05, 4.69) is 25.7 Å². The van der Waals surface area contributed by atoms with Crippen molar-refractivity contribution >= 4 is 0 Å². The lowest BCUT2D eigenvalue weighted by Crippen LogP contribution is -2.05. The van der Waals surface area contributed by atoms with E-state index in [4.69, 9.17) is 5.11 Å². The van der Waals surface area contributed by atoms with Gasteiger partial charge < -0.3 is 5.11 Å². The summed E-state index contributed by atoms with van der Waals surface area (Å²) < 4.78 is 1.42. The Morgan fingerprint density at radius 1 is 1.43 bits per heavy atom. The van der Waals surface area contributed by atoms with Gasteiger partial charge in [-0.05, 0) is 29.0 Å². The minimum absolute atomic E-state index is 0.121. The van der Waals surface area contributed by atoms with Crippen LogP contribution < -0.4 is 0 Å². The summed E-state index contributed by atoms with van der Waals surface area (Å²) in [5, 5.41) is 27.2. The molecule has 14 heavy (non-hydrogen) atoms. The van der Waals surface area contributed by atoms with E-state index in [9.17, 15) is 0 Å². The Hall–Kier alpha value is -1.89. The lowest BCUT2D eigenvalue weighted by atomic mass is 10.2. The average molecular weight is 192 g/mol. The zero-order valence-electron chi connectivity index (χ0n) is 7.49. The van der Waals surface area contributed by atoms with E-state index in [-0.39, 0.29) is 6.61 Å². The predicted molar refractivity (Wildman–Crippen MR) is 45.4 cm³/mol. The van der Waals surface area contributed by atoms with E-state index >= 15 is 0 Å². The first-order valence-electron chi connectivity index (χ1n) is 3.98. The average Bonchev–Trinajstić information content (AvgIpc) is 2.70. The van der Waals surface area contributed by atoms with Gasteiger partial charge in [-0.3, -0.25) is 0 Å². The van der Waals surface area contributed by atoms with Crippen molar-refractivity contribution in [2.75, 3.05) is 0 Å². The van der Waals surface area contributed by atoms with Crippen LogP contribution in [0.1, 0.15) is 11.3 Å². The fourth-order valence-electron chi connectivity index (χ4n) is 1.10. The van der Waals surface area contributed by atoms with Crippen molar-refractivity contribution in [3.05, 3.63) is 23.7 Å². The molecule has 0 fully saturated rings.